The Morgan fingerprint density at radius 2 is 2.21 bits per heavy atom. The number of nitrogens with one attached hydrogen (secondary N) is 1. The SMILES string of the molecule is CCSCCN=C1C(=O)C2=C(C(=O)C1C)N1CC3NC3C1(OC)C2COC(N)=O. The molecule has 2 fully saturated rings. The van der Waals surface area contributed by atoms with Crippen LogP contribution in [0.15, 0.2) is 16.3 Å². The number of amides is 1. The molecule has 1 aliphatic carbocycles. The third kappa shape index (κ3) is 2.91. The van der Waals surface area contributed by atoms with Gasteiger partial charge in [-0.2, -0.15) is 11.8 Å². The highest BCUT2D eigenvalue weighted by molar-refractivity contribution is 7.99. The van der Waals surface area contributed by atoms with Crippen LogP contribution in [0.5, 0.6) is 0 Å². The number of aliphatic imine (C=N–C) groups is 1. The lowest BCUT2D eigenvalue weighted by Gasteiger charge is -2.39. The fraction of sp³-hybridized carbons (Fsp3) is 0.684. The first-order valence-corrected chi connectivity index (χ1v) is 11.0. The number of methoxy groups -OCH3 is 1. The summed E-state index contributed by atoms with van der Waals surface area (Å²) < 4.78 is 11.0. The smallest absolute Gasteiger partial charge is 0.404 e. The van der Waals surface area contributed by atoms with Crippen molar-refractivity contribution in [1.82, 2.24) is 10.2 Å². The number of allylic oxidation sites excluding steroid dienone is 1. The largest absolute Gasteiger partial charge is 0.449 e. The molecule has 9 nitrogen and oxygen atoms in total. The summed E-state index contributed by atoms with van der Waals surface area (Å²) in [7, 11) is 1.56. The minimum Gasteiger partial charge on any atom is -0.449 e. The normalized spacial score (nSPS) is 36.4. The molecule has 10 heteroatoms. The summed E-state index contributed by atoms with van der Waals surface area (Å²) in [6.07, 6.45) is -0.927. The first-order valence-electron chi connectivity index (χ1n) is 9.84. The van der Waals surface area contributed by atoms with E-state index in [1.54, 1.807) is 25.8 Å². The minimum absolute atomic E-state index is 0.0446. The number of ether oxygens (including phenoxy) is 2. The number of rotatable bonds is 7. The van der Waals surface area contributed by atoms with Crippen molar-refractivity contribution in [3.63, 3.8) is 0 Å². The maximum Gasteiger partial charge on any atom is 0.404 e. The van der Waals surface area contributed by atoms with Crippen molar-refractivity contribution < 1.29 is 23.9 Å². The highest BCUT2D eigenvalue weighted by Gasteiger charge is 2.73. The van der Waals surface area contributed by atoms with Gasteiger partial charge in [-0.25, -0.2) is 4.79 Å². The van der Waals surface area contributed by atoms with Crippen molar-refractivity contribution in [2.75, 3.05) is 38.3 Å². The Morgan fingerprint density at radius 3 is 2.86 bits per heavy atom. The van der Waals surface area contributed by atoms with Crippen molar-refractivity contribution in [1.29, 1.82) is 0 Å². The number of nitrogens with zero attached hydrogens (tertiary/aromatic N) is 2. The molecule has 0 spiro atoms. The van der Waals surface area contributed by atoms with Gasteiger partial charge in [0.1, 0.15) is 6.61 Å². The number of thioether (sulfide) groups is 1. The lowest BCUT2D eigenvalue weighted by molar-refractivity contribution is -0.138. The molecule has 29 heavy (non-hydrogen) atoms. The zero-order chi connectivity index (χ0) is 20.9. The zero-order valence-electron chi connectivity index (χ0n) is 16.8. The van der Waals surface area contributed by atoms with Gasteiger partial charge in [-0.3, -0.25) is 14.6 Å². The van der Waals surface area contributed by atoms with Crippen LogP contribution >= 0.6 is 11.8 Å². The second-order valence-electron chi connectivity index (χ2n) is 7.64. The van der Waals surface area contributed by atoms with Gasteiger partial charge in [0.2, 0.25) is 5.78 Å². The molecule has 0 aromatic rings. The number of piperazine rings is 1. The predicted molar refractivity (Wildman–Crippen MR) is 108 cm³/mol. The highest BCUT2D eigenvalue weighted by Crippen LogP contribution is 2.55. The molecule has 1 amide bonds. The van der Waals surface area contributed by atoms with E-state index in [9.17, 15) is 14.4 Å². The van der Waals surface area contributed by atoms with Crippen LogP contribution in [0.2, 0.25) is 0 Å². The van der Waals surface area contributed by atoms with Gasteiger partial charge in [0.15, 0.2) is 11.5 Å². The number of primary amides is 1. The van der Waals surface area contributed by atoms with Crippen molar-refractivity contribution in [2.24, 2.45) is 22.6 Å². The van der Waals surface area contributed by atoms with Gasteiger partial charge < -0.3 is 25.4 Å². The van der Waals surface area contributed by atoms with Crippen LogP contribution in [0.4, 0.5) is 4.79 Å². The number of hydrogen-bond donors (Lipinski definition) is 2. The molecule has 158 valence electrons. The summed E-state index contributed by atoms with van der Waals surface area (Å²) in [6.45, 7) is 4.71. The van der Waals surface area contributed by atoms with Gasteiger partial charge in [0.25, 0.3) is 0 Å². The molecule has 5 unspecified atom stereocenters. The quantitative estimate of drug-likeness (QED) is 0.431. The van der Waals surface area contributed by atoms with Crippen molar-refractivity contribution in [2.45, 2.75) is 31.7 Å². The molecule has 0 aromatic heterocycles. The van der Waals surface area contributed by atoms with Gasteiger partial charge >= 0.3 is 6.09 Å². The maximum absolute atomic E-state index is 13.5. The van der Waals surface area contributed by atoms with Crippen LogP contribution < -0.4 is 11.1 Å². The van der Waals surface area contributed by atoms with Crippen LogP contribution in [0.25, 0.3) is 0 Å². The number of fused-ring (bicyclic) bond motifs is 4. The third-order valence-corrected chi connectivity index (χ3v) is 7.14. The number of carbonyl (C=O) groups is 3. The predicted octanol–water partition coefficient (Wildman–Crippen LogP) is -0.0537. The summed E-state index contributed by atoms with van der Waals surface area (Å²) >= 11 is 1.73. The molecule has 3 N–H and O–H groups in total. The van der Waals surface area contributed by atoms with Crippen molar-refractivity contribution >= 4 is 35.1 Å². The number of Topliss-reactive ketones (excluding diaryl/α,β-unsaturated/α-hetero) is 2. The molecule has 2 saturated heterocycles. The standard InChI is InChI=1S/C19H26N4O5S/c1-4-29-6-5-21-13-9(2)15(24)14-12(16(13)25)10(8-28-18(20)26)19(27-3)17-11(22-17)7-23(14)19/h9-11,17,22H,4-8H2,1-3H3,(H2,20,26). The molecule has 3 aliphatic heterocycles. The summed E-state index contributed by atoms with van der Waals surface area (Å²) in [6, 6.07) is 0.135. The van der Waals surface area contributed by atoms with Crippen molar-refractivity contribution in [3.8, 4) is 0 Å². The Kier molecular flexibility index (Phi) is 5.20. The van der Waals surface area contributed by atoms with Gasteiger partial charge in [-0.15, -0.1) is 0 Å². The first-order chi connectivity index (χ1) is 13.9. The number of nitrogens with two attached hydrogens (primary N) is 1. The van der Waals surface area contributed by atoms with Crippen LogP contribution in [0.3, 0.4) is 0 Å². The Hall–Kier alpha value is -1.91. The van der Waals surface area contributed by atoms with E-state index < -0.39 is 23.7 Å². The monoisotopic (exact) mass is 422 g/mol. The molecule has 4 rings (SSSR count). The third-order valence-electron chi connectivity index (χ3n) is 6.26. The number of ketones is 2. The van der Waals surface area contributed by atoms with E-state index in [0.717, 1.165) is 11.5 Å². The lowest BCUT2D eigenvalue weighted by atomic mass is 9.78. The lowest BCUT2D eigenvalue weighted by Crippen LogP contribution is -2.55. The first kappa shape index (κ1) is 20.4. The van der Waals surface area contributed by atoms with E-state index >= 15 is 0 Å². The second-order valence-corrected chi connectivity index (χ2v) is 9.04. The second kappa shape index (κ2) is 7.41. The highest BCUT2D eigenvalue weighted by atomic mass is 32.2. The van der Waals surface area contributed by atoms with Crippen LogP contribution in [-0.2, 0) is 19.1 Å². The molecule has 3 heterocycles. The molecule has 0 saturated carbocycles. The molecule has 0 aromatic carbocycles. The summed E-state index contributed by atoms with van der Waals surface area (Å²) in [5.41, 5.74) is 5.25. The number of hydrogen-bond acceptors (Lipinski definition) is 9. The van der Waals surface area contributed by atoms with E-state index in [-0.39, 0.29) is 36.0 Å². The fourth-order valence-electron chi connectivity index (χ4n) is 4.96. The van der Waals surface area contributed by atoms with E-state index in [0.29, 0.717) is 24.4 Å². The summed E-state index contributed by atoms with van der Waals surface area (Å²) in [4.78, 5) is 44.4. The molecule has 5 atom stereocenters. The topological polar surface area (TPSA) is 133 Å². The van der Waals surface area contributed by atoms with E-state index in [2.05, 4.69) is 17.2 Å². The van der Waals surface area contributed by atoms with Gasteiger partial charge in [0, 0.05) is 37.6 Å². The van der Waals surface area contributed by atoms with E-state index in [1.165, 1.54) is 0 Å². The molecule has 4 aliphatic rings. The molecule has 0 bridgehead atoms. The minimum atomic E-state index is -0.941. The Morgan fingerprint density at radius 1 is 1.45 bits per heavy atom. The Bertz CT molecular complexity index is 827. The fourth-order valence-corrected chi connectivity index (χ4v) is 5.47. The summed E-state index contributed by atoms with van der Waals surface area (Å²) in [5, 5.41) is 3.34. The maximum atomic E-state index is 13.5. The van der Waals surface area contributed by atoms with Gasteiger partial charge in [-0.05, 0) is 12.7 Å². The molecular formula is C19H26N4O5S. The Balaban J connectivity index is 1.74. The van der Waals surface area contributed by atoms with Gasteiger partial charge in [0.05, 0.1) is 29.3 Å². The van der Waals surface area contributed by atoms with Crippen LogP contribution in [0.1, 0.15) is 13.8 Å². The molecule has 0 radical (unpaired) electrons. The molecular weight excluding hydrogens is 396 g/mol. The number of carbonyl (C=O) groups excluding carboxylic acids is 3. The zero-order valence-corrected chi connectivity index (χ0v) is 17.6. The average molecular weight is 423 g/mol. The van der Waals surface area contributed by atoms with Gasteiger partial charge in [-0.1, -0.05) is 6.92 Å². The van der Waals surface area contributed by atoms with Crippen LogP contribution in [-0.4, -0.2) is 84.4 Å². The van der Waals surface area contributed by atoms with Crippen LogP contribution in [0, 0.1) is 11.8 Å². The van der Waals surface area contributed by atoms with E-state index in [4.69, 9.17) is 15.2 Å². The van der Waals surface area contributed by atoms with E-state index in [1.807, 2.05) is 4.90 Å². The summed E-state index contributed by atoms with van der Waals surface area (Å²) in [5.74, 6) is 0.148. The van der Waals surface area contributed by atoms with Crippen molar-refractivity contribution in [3.05, 3.63) is 11.3 Å². The average Bonchev–Trinajstić information content (AvgIpc) is 3.30. The Labute approximate surface area is 173 Å².